The molecule has 3 rings (SSSR count). The molecule has 0 aliphatic carbocycles. The summed E-state index contributed by atoms with van der Waals surface area (Å²) in [6.45, 7) is 4.64. The third-order valence-electron chi connectivity index (χ3n) is 4.17. The van der Waals surface area contributed by atoms with E-state index in [0.29, 0.717) is 17.5 Å². The minimum absolute atomic E-state index is 0.0595. The fourth-order valence-corrected chi connectivity index (χ4v) is 2.76. The number of rotatable bonds is 5. The van der Waals surface area contributed by atoms with Crippen LogP contribution in [0.1, 0.15) is 42.4 Å². The van der Waals surface area contributed by atoms with Crippen molar-refractivity contribution in [1.82, 2.24) is 9.97 Å². The molecule has 0 amide bonds. The number of H-pyrrole nitrogens is 1. The van der Waals surface area contributed by atoms with Gasteiger partial charge in [0.2, 0.25) is 6.79 Å². The van der Waals surface area contributed by atoms with E-state index in [1.165, 1.54) is 24.4 Å². The highest BCUT2D eigenvalue weighted by molar-refractivity contribution is 6.30. The van der Waals surface area contributed by atoms with E-state index in [9.17, 15) is 14.0 Å². The highest BCUT2D eigenvalue weighted by Crippen LogP contribution is 2.22. The fraction of sp³-hybridized carbons (Fsp3) is 0.286. The van der Waals surface area contributed by atoms with E-state index in [2.05, 4.69) is 9.97 Å². The summed E-state index contributed by atoms with van der Waals surface area (Å²) in [5.74, 6) is -1.61. The van der Waals surface area contributed by atoms with Crippen molar-refractivity contribution < 1.29 is 23.5 Å². The highest BCUT2D eigenvalue weighted by Gasteiger charge is 2.23. The first-order valence-corrected chi connectivity index (χ1v) is 9.28. The Balaban J connectivity index is 1.75. The van der Waals surface area contributed by atoms with E-state index >= 15 is 0 Å². The molecule has 0 atom stereocenters. The number of ether oxygens (including phenoxy) is 2. The van der Waals surface area contributed by atoms with Gasteiger partial charge in [-0.2, -0.15) is 0 Å². The molecular formula is C21H20ClFN2O4. The number of carbonyl (C=O) groups is 2. The number of fused-ring (bicyclic) bond motifs is 1. The summed E-state index contributed by atoms with van der Waals surface area (Å²) in [5, 5.41) is 0.0595. The van der Waals surface area contributed by atoms with Crippen LogP contribution in [0, 0.1) is 11.2 Å². The first-order chi connectivity index (χ1) is 13.6. The van der Waals surface area contributed by atoms with Crippen LogP contribution >= 0.6 is 11.6 Å². The Kier molecular flexibility index (Phi) is 5.88. The molecule has 1 N–H and O–H groups in total. The molecule has 0 aliphatic rings. The van der Waals surface area contributed by atoms with E-state index < -0.39 is 30.0 Å². The zero-order chi connectivity index (χ0) is 21.2. The maximum Gasteiger partial charge on any atom is 0.343 e. The molecule has 0 saturated carbocycles. The molecule has 2 aromatic heterocycles. The molecule has 0 fully saturated rings. The largest absolute Gasteiger partial charge is 0.427 e. The van der Waals surface area contributed by atoms with Crippen LogP contribution in [0.25, 0.3) is 11.0 Å². The zero-order valence-corrected chi connectivity index (χ0v) is 17.0. The second kappa shape index (κ2) is 8.21. The van der Waals surface area contributed by atoms with Gasteiger partial charge in [0.25, 0.3) is 0 Å². The van der Waals surface area contributed by atoms with E-state index in [4.69, 9.17) is 21.1 Å². The van der Waals surface area contributed by atoms with Crippen molar-refractivity contribution in [1.29, 1.82) is 0 Å². The number of nitrogens with zero attached hydrogens (tertiary/aromatic N) is 1. The van der Waals surface area contributed by atoms with Crippen LogP contribution in [0.3, 0.4) is 0 Å². The van der Waals surface area contributed by atoms with Crippen LogP contribution in [0.4, 0.5) is 4.39 Å². The van der Waals surface area contributed by atoms with E-state index in [1.807, 2.05) is 0 Å². The number of carbonyl (C=O) groups excluding carboxylic acids is 2. The molecule has 0 bridgehead atoms. The van der Waals surface area contributed by atoms with E-state index in [-0.39, 0.29) is 10.6 Å². The Morgan fingerprint density at radius 2 is 1.93 bits per heavy atom. The first-order valence-electron chi connectivity index (χ1n) is 8.90. The number of aromatic nitrogens is 2. The molecule has 0 radical (unpaired) electrons. The molecule has 0 saturated heterocycles. The Morgan fingerprint density at radius 3 is 2.62 bits per heavy atom. The quantitative estimate of drug-likeness (QED) is 0.481. The van der Waals surface area contributed by atoms with Crippen LogP contribution in [0.2, 0.25) is 5.02 Å². The third kappa shape index (κ3) is 4.92. The summed E-state index contributed by atoms with van der Waals surface area (Å²) in [7, 11) is 0. The molecule has 0 unspecified atom stereocenters. The second-order valence-electron chi connectivity index (χ2n) is 7.57. The van der Waals surface area contributed by atoms with E-state index in [1.54, 1.807) is 32.9 Å². The molecule has 2 heterocycles. The summed E-state index contributed by atoms with van der Waals surface area (Å²) in [5.41, 5.74) is 2.09. The minimum atomic E-state index is -0.689. The number of nitrogens with one attached hydrogen (secondary N) is 1. The van der Waals surface area contributed by atoms with Crippen LogP contribution in [0.5, 0.6) is 0 Å². The molecule has 0 aliphatic heterocycles. The lowest BCUT2D eigenvalue weighted by Crippen LogP contribution is -2.24. The fourth-order valence-electron chi connectivity index (χ4n) is 2.65. The third-order valence-corrected chi connectivity index (χ3v) is 4.47. The molecule has 152 valence electrons. The number of hydrogen-bond donors (Lipinski definition) is 1. The van der Waals surface area contributed by atoms with Crippen molar-refractivity contribution in [2.45, 2.75) is 27.2 Å². The van der Waals surface area contributed by atoms with Gasteiger partial charge in [0.15, 0.2) is 0 Å². The predicted molar refractivity (Wildman–Crippen MR) is 106 cm³/mol. The normalized spacial score (nSPS) is 11.5. The number of pyridine rings is 1. The summed E-state index contributed by atoms with van der Waals surface area (Å²) >= 11 is 5.71. The van der Waals surface area contributed by atoms with Crippen LogP contribution in [-0.4, -0.2) is 28.7 Å². The molecular weight excluding hydrogens is 399 g/mol. The summed E-state index contributed by atoms with van der Waals surface area (Å²) in [6.07, 6.45) is 1.89. The molecule has 1 aromatic carbocycles. The topological polar surface area (TPSA) is 81.3 Å². The molecule has 0 spiro atoms. The van der Waals surface area contributed by atoms with Gasteiger partial charge in [-0.25, -0.2) is 9.18 Å². The smallest absolute Gasteiger partial charge is 0.343 e. The van der Waals surface area contributed by atoms with Gasteiger partial charge in [-0.3, -0.25) is 9.78 Å². The van der Waals surface area contributed by atoms with Gasteiger partial charge in [-0.05, 0) is 50.6 Å². The maximum atomic E-state index is 13.7. The monoisotopic (exact) mass is 418 g/mol. The highest BCUT2D eigenvalue weighted by atomic mass is 35.5. The number of esters is 2. The van der Waals surface area contributed by atoms with Gasteiger partial charge in [-0.15, -0.1) is 0 Å². The van der Waals surface area contributed by atoms with Crippen molar-refractivity contribution in [3.63, 3.8) is 0 Å². The van der Waals surface area contributed by atoms with Crippen molar-refractivity contribution in [2.75, 3.05) is 6.79 Å². The second-order valence-corrected chi connectivity index (χ2v) is 7.98. The molecule has 29 heavy (non-hydrogen) atoms. The predicted octanol–water partition coefficient (Wildman–Crippen LogP) is 4.65. The lowest BCUT2D eigenvalue weighted by Gasteiger charge is -2.16. The van der Waals surface area contributed by atoms with Crippen LogP contribution in [-0.2, 0) is 20.7 Å². The van der Waals surface area contributed by atoms with Gasteiger partial charge in [-0.1, -0.05) is 17.7 Å². The average molecular weight is 419 g/mol. The van der Waals surface area contributed by atoms with Gasteiger partial charge < -0.3 is 14.5 Å². The van der Waals surface area contributed by atoms with Crippen molar-refractivity contribution in [3.8, 4) is 0 Å². The summed E-state index contributed by atoms with van der Waals surface area (Å²) in [4.78, 5) is 31.5. The van der Waals surface area contributed by atoms with Gasteiger partial charge >= 0.3 is 11.9 Å². The lowest BCUT2D eigenvalue weighted by atomic mass is 9.98. The van der Waals surface area contributed by atoms with Gasteiger partial charge in [0.1, 0.15) is 5.82 Å². The SMILES string of the molecule is CC(C)(C)C(=O)OCOC(=O)c1ccnc2cc(Cc3ccc(Cl)c(F)c3)[nH]c12. The summed E-state index contributed by atoms with van der Waals surface area (Å²) in [6, 6.07) is 7.87. The Hall–Kier alpha value is -2.93. The minimum Gasteiger partial charge on any atom is -0.427 e. The van der Waals surface area contributed by atoms with Gasteiger partial charge in [0.05, 0.1) is 27.0 Å². The number of hydrogen-bond acceptors (Lipinski definition) is 5. The Bertz CT molecular complexity index is 1070. The maximum absolute atomic E-state index is 13.7. The van der Waals surface area contributed by atoms with Gasteiger partial charge in [0, 0.05) is 18.3 Å². The number of aromatic amines is 1. The van der Waals surface area contributed by atoms with Crippen LogP contribution in [0.15, 0.2) is 36.5 Å². The number of halogens is 2. The number of benzene rings is 1. The van der Waals surface area contributed by atoms with E-state index in [0.717, 1.165) is 11.3 Å². The first kappa shape index (κ1) is 20.8. The average Bonchev–Trinajstić information content (AvgIpc) is 3.06. The standard InChI is InChI=1S/C21H20ClFN2O4/c1-21(2,3)20(27)29-11-28-19(26)14-6-7-24-17-10-13(25-18(14)17)8-12-4-5-15(22)16(23)9-12/h4-7,9-10,25H,8,11H2,1-3H3. The Morgan fingerprint density at radius 1 is 1.17 bits per heavy atom. The van der Waals surface area contributed by atoms with Crippen molar-refractivity contribution in [2.24, 2.45) is 5.41 Å². The van der Waals surface area contributed by atoms with Crippen molar-refractivity contribution in [3.05, 3.63) is 64.2 Å². The molecule has 3 aromatic rings. The molecule has 6 nitrogen and oxygen atoms in total. The zero-order valence-electron chi connectivity index (χ0n) is 16.2. The molecule has 8 heteroatoms. The summed E-state index contributed by atoms with van der Waals surface area (Å²) < 4.78 is 23.7. The Labute approximate surface area is 172 Å². The van der Waals surface area contributed by atoms with Crippen molar-refractivity contribution >= 4 is 34.6 Å². The van der Waals surface area contributed by atoms with Crippen LogP contribution < -0.4 is 0 Å². The lowest BCUT2D eigenvalue weighted by molar-refractivity contribution is -0.161.